The number of rotatable bonds is 4. The lowest BCUT2D eigenvalue weighted by molar-refractivity contribution is -0.136. The number of amides is 3. The first-order chi connectivity index (χ1) is 15.6. The van der Waals surface area contributed by atoms with Gasteiger partial charge in [0.05, 0.1) is 0 Å². The van der Waals surface area contributed by atoms with Crippen molar-refractivity contribution in [1.82, 2.24) is 15.1 Å². The predicted octanol–water partition coefficient (Wildman–Crippen LogP) is 1.86. The highest BCUT2D eigenvalue weighted by atomic mass is 16.5. The smallest absolute Gasteiger partial charge is 0.255 e. The van der Waals surface area contributed by atoms with Crippen molar-refractivity contribution in [2.45, 2.75) is 69.7 Å². The summed E-state index contributed by atoms with van der Waals surface area (Å²) in [5, 5.41) is 2.35. The second-order valence-corrected chi connectivity index (χ2v) is 9.23. The third-order valence-corrected chi connectivity index (χ3v) is 7.14. The van der Waals surface area contributed by atoms with Crippen LogP contribution < -0.4 is 10.1 Å². The largest absolute Gasteiger partial charge is 0.489 e. The molecule has 3 amide bonds. The summed E-state index contributed by atoms with van der Waals surface area (Å²) in [6, 6.07) is 5.48. The molecule has 0 aromatic heterocycles. The van der Waals surface area contributed by atoms with E-state index in [4.69, 9.17) is 9.47 Å². The predicted molar refractivity (Wildman–Crippen MR) is 116 cm³/mol. The number of fused-ring (bicyclic) bond motifs is 1. The second kappa shape index (κ2) is 9.19. The van der Waals surface area contributed by atoms with E-state index in [2.05, 4.69) is 10.2 Å². The van der Waals surface area contributed by atoms with Crippen LogP contribution in [0.1, 0.15) is 60.9 Å². The van der Waals surface area contributed by atoms with Gasteiger partial charge in [0.2, 0.25) is 11.8 Å². The van der Waals surface area contributed by atoms with Gasteiger partial charge in [-0.25, -0.2) is 0 Å². The molecule has 1 N–H and O–H groups in total. The molecular weight excluding hydrogens is 410 g/mol. The average Bonchev–Trinajstić information content (AvgIpc) is 3.32. The Balaban J connectivity index is 1.27. The number of hydrogen-bond donors (Lipinski definition) is 1. The van der Waals surface area contributed by atoms with Gasteiger partial charge in [0.15, 0.2) is 0 Å². The van der Waals surface area contributed by atoms with Crippen LogP contribution in [0.25, 0.3) is 0 Å². The van der Waals surface area contributed by atoms with Gasteiger partial charge in [0.25, 0.3) is 5.91 Å². The third-order valence-electron chi connectivity index (χ3n) is 7.14. The Bertz CT molecular complexity index is 896. The molecule has 4 aliphatic rings. The standard InChI is InChI=1S/C24H31N3O5/c28-22-9-8-20(23(29)25-22)27-15-16-14-17(6-7-18(16)24(27)30)32-21-5-1-4-19(21)26-10-2-12-31-13-3-11-26/h6-7,14,19-21H,1-5,8-13,15H2,(H,25,28,29)/t19-,20?,21-/m0/s1. The first kappa shape index (κ1) is 21.4. The number of imide groups is 1. The summed E-state index contributed by atoms with van der Waals surface area (Å²) in [4.78, 5) is 40.8. The first-order valence-corrected chi connectivity index (χ1v) is 11.9. The number of piperidine rings is 1. The van der Waals surface area contributed by atoms with Gasteiger partial charge in [0, 0.05) is 50.9 Å². The van der Waals surface area contributed by atoms with E-state index >= 15 is 0 Å². The van der Waals surface area contributed by atoms with Gasteiger partial charge in [0.1, 0.15) is 17.9 Å². The quantitative estimate of drug-likeness (QED) is 0.718. The second-order valence-electron chi connectivity index (χ2n) is 9.23. The van der Waals surface area contributed by atoms with Crippen LogP contribution in [0.4, 0.5) is 0 Å². The fourth-order valence-electron chi connectivity index (χ4n) is 5.55. The lowest BCUT2D eigenvalue weighted by Gasteiger charge is -2.34. The normalized spacial score (nSPS) is 29.4. The molecular formula is C24H31N3O5. The van der Waals surface area contributed by atoms with Crippen molar-refractivity contribution < 1.29 is 23.9 Å². The monoisotopic (exact) mass is 441 g/mol. The number of benzene rings is 1. The zero-order valence-corrected chi connectivity index (χ0v) is 18.4. The molecule has 3 aliphatic heterocycles. The van der Waals surface area contributed by atoms with Crippen LogP contribution in [0.15, 0.2) is 18.2 Å². The van der Waals surface area contributed by atoms with Crippen molar-refractivity contribution in [3.8, 4) is 5.75 Å². The molecule has 8 heteroatoms. The molecule has 1 aliphatic carbocycles. The van der Waals surface area contributed by atoms with Crippen molar-refractivity contribution in [2.24, 2.45) is 0 Å². The van der Waals surface area contributed by atoms with Crippen LogP contribution in [0.2, 0.25) is 0 Å². The average molecular weight is 442 g/mol. The summed E-state index contributed by atoms with van der Waals surface area (Å²) < 4.78 is 12.1. The Morgan fingerprint density at radius 1 is 1.00 bits per heavy atom. The minimum Gasteiger partial charge on any atom is -0.489 e. The van der Waals surface area contributed by atoms with E-state index in [1.807, 2.05) is 18.2 Å². The minimum absolute atomic E-state index is 0.150. The lowest BCUT2D eigenvalue weighted by Crippen LogP contribution is -2.52. The topological polar surface area (TPSA) is 88.2 Å². The molecule has 3 fully saturated rings. The van der Waals surface area contributed by atoms with Crippen molar-refractivity contribution in [3.05, 3.63) is 29.3 Å². The number of nitrogens with one attached hydrogen (secondary N) is 1. The van der Waals surface area contributed by atoms with Gasteiger partial charge in [-0.2, -0.15) is 0 Å². The molecule has 32 heavy (non-hydrogen) atoms. The van der Waals surface area contributed by atoms with Gasteiger partial charge in [-0.3, -0.25) is 24.6 Å². The van der Waals surface area contributed by atoms with Crippen molar-refractivity contribution in [3.63, 3.8) is 0 Å². The molecule has 3 atom stereocenters. The molecule has 1 unspecified atom stereocenters. The van der Waals surface area contributed by atoms with E-state index in [1.165, 1.54) is 0 Å². The summed E-state index contributed by atoms with van der Waals surface area (Å²) in [6.45, 7) is 4.13. The number of carbonyl (C=O) groups excluding carboxylic acids is 3. The lowest BCUT2D eigenvalue weighted by atomic mass is 10.0. The molecule has 0 spiro atoms. The summed E-state index contributed by atoms with van der Waals surface area (Å²) in [5.74, 6) is -0.0207. The van der Waals surface area contributed by atoms with Crippen LogP contribution in [-0.2, 0) is 20.9 Å². The molecule has 0 radical (unpaired) electrons. The number of carbonyl (C=O) groups is 3. The molecule has 3 heterocycles. The van der Waals surface area contributed by atoms with Crippen LogP contribution in [0, 0.1) is 0 Å². The fraction of sp³-hybridized carbons (Fsp3) is 0.625. The highest BCUT2D eigenvalue weighted by molar-refractivity contribution is 6.05. The highest BCUT2D eigenvalue weighted by Gasteiger charge is 2.39. The molecule has 172 valence electrons. The van der Waals surface area contributed by atoms with Crippen LogP contribution in [0.3, 0.4) is 0 Å². The van der Waals surface area contributed by atoms with E-state index in [1.54, 1.807) is 4.90 Å². The highest BCUT2D eigenvalue weighted by Crippen LogP contribution is 2.33. The van der Waals surface area contributed by atoms with E-state index in [0.29, 0.717) is 24.6 Å². The Morgan fingerprint density at radius 3 is 2.59 bits per heavy atom. The molecule has 1 saturated carbocycles. The van der Waals surface area contributed by atoms with E-state index in [-0.39, 0.29) is 30.2 Å². The maximum absolute atomic E-state index is 12.9. The van der Waals surface area contributed by atoms with Gasteiger partial charge in [-0.05, 0) is 62.3 Å². The SMILES string of the molecule is O=C1CCC(N2Cc3cc(O[C@H]4CCC[C@@H]4N4CCCOCCC4)ccc3C2=O)C(=O)N1. The third kappa shape index (κ3) is 4.26. The minimum atomic E-state index is -0.590. The Morgan fingerprint density at radius 2 is 1.81 bits per heavy atom. The van der Waals surface area contributed by atoms with Gasteiger partial charge in [-0.15, -0.1) is 0 Å². The first-order valence-electron chi connectivity index (χ1n) is 11.9. The van der Waals surface area contributed by atoms with Crippen LogP contribution in [-0.4, -0.2) is 72.0 Å². The van der Waals surface area contributed by atoms with Gasteiger partial charge >= 0.3 is 0 Å². The molecule has 8 nitrogen and oxygen atoms in total. The van der Waals surface area contributed by atoms with Crippen LogP contribution >= 0.6 is 0 Å². The van der Waals surface area contributed by atoms with E-state index < -0.39 is 6.04 Å². The van der Waals surface area contributed by atoms with Crippen molar-refractivity contribution in [1.29, 1.82) is 0 Å². The number of ether oxygens (including phenoxy) is 2. The van der Waals surface area contributed by atoms with Gasteiger partial charge in [-0.1, -0.05) is 0 Å². The maximum atomic E-state index is 12.9. The fourth-order valence-corrected chi connectivity index (χ4v) is 5.55. The summed E-state index contributed by atoms with van der Waals surface area (Å²) in [7, 11) is 0. The maximum Gasteiger partial charge on any atom is 0.255 e. The number of nitrogens with zero attached hydrogens (tertiary/aromatic N) is 2. The molecule has 2 saturated heterocycles. The number of hydrogen-bond acceptors (Lipinski definition) is 6. The van der Waals surface area contributed by atoms with E-state index in [0.717, 1.165) is 69.7 Å². The molecule has 0 bridgehead atoms. The van der Waals surface area contributed by atoms with Crippen molar-refractivity contribution in [2.75, 3.05) is 26.3 Å². The molecule has 5 rings (SSSR count). The molecule has 1 aromatic carbocycles. The Labute approximate surface area is 188 Å². The summed E-state index contributed by atoms with van der Waals surface area (Å²) in [5.41, 5.74) is 1.50. The Kier molecular flexibility index (Phi) is 6.15. The molecule has 1 aromatic rings. The van der Waals surface area contributed by atoms with Crippen LogP contribution in [0.5, 0.6) is 5.75 Å². The summed E-state index contributed by atoms with van der Waals surface area (Å²) in [6.07, 6.45) is 6.25. The van der Waals surface area contributed by atoms with Crippen molar-refractivity contribution >= 4 is 17.7 Å². The zero-order chi connectivity index (χ0) is 22.1. The van der Waals surface area contributed by atoms with E-state index in [9.17, 15) is 14.4 Å². The summed E-state index contributed by atoms with van der Waals surface area (Å²) >= 11 is 0. The van der Waals surface area contributed by atoms with Gasteiger partial charge < -0.3 is 14.4 Å². The zero-order valence-electron chi connectivity index (χ0n) is 18.4. The Hall–Kier alpha value is -2.45.